The van der Waals surface area contributed by atoms with Crippen LogP contribution in [0.3, 0.4) is 0 Å². The van der Waals surface area contributed by atoms with Crippen LogP contribution in [-0.4, -0.2) is 23.3 Å². The number of nitrogens with zero attached hydrogens (tertiary/aromatic N) is 1. The lowest BCUT2D eigenvalue weighted by Crippen LogP contribution is -2.41. The highest BCUT2D eigenvalue weighted by atomic mass is 19.1. The van der Waals surface area contributed by atoms with E-state index in [4.69, 9.17) is 15.0 Å². The minimum absolute atomic E-state index is 0.199. The number of hydrogen-bond acceptors (Lipinski definition) is 4. The summed E-state index contributed by atoms with van der Waals surface area (Å²) in [6.45, 7) is 8.03. The maximum absolute atomic E-state index is 13.1. The summed E-state index contributed by atoms with van der Waals surface area (Å²) in [7, 11) is -0.603. The Morgan fingerprint density at radius 2 is 1.83 bits per heavy atom. The summed E-state index contributed by atoms with van der Waals surface area (Å²) in [6, 6.07) is 1.37. The lowest BCUT2D eigenvalue weighted by molar-refractivity contribution is 0.00578. The van der Waals surface area contributed by atoms with Gasteiger partial charge in [0.05, 0.1) is 23.0 Å². The second kappa shape index (κ2) is 4.29. The van der Waals surface area contributed by atoms with Gasteiger partial charge in [-0.2, -0.15) is 0 Å². The maximum Gasteiger partial charge on any atom is 0.514 e. The van der Waals surface area contributed by atoms with Gasteiger partial charge in [0.25, 0.3) is 0 Å². The number of rotatable bonds is 2. The van der Waals surface area contributed by atoms with Crippen LogP contribution in [0.5, 0.6) is 0 Å². The van der Waals surface area contributed by atoms with Crippen molar-refractivity contribution in [3.05, 3.63) is 23.6 Å². The first-order valence-corrected chi connectivity index (χ1v) is 5.97. The minimum atomic E-state index is -0.603. The first-order valence-electron chi connectivity index (χ1n) is 5.97. The van der Waals surface area contributed by atoms with Crippen LogP contribution in [0.1, 0.15) is 33.3 Å². The van der Waals surface area contributed by atoms with E-state index in [-0.39, 0.29) is 6.54 Å². The van der Waals surface area contributed by atoms with Crippen LogP contribution in [0.15, 0.2) is 12.3 Å². The lowest BCUT2D eigenvalue weighted by atomic mass is 9.81. The summed E-state index contributed by atoms with van der Waals surface area (Å²) in [5.74, 6) is -0.407. The molecule has 0 radical (unpaired) electrons. The third kappa shape index (κ3) is 2.16. The molecule has 2 heterocycles. The molecule has 0 amide bonds. The molecule has 18 heavy (non-hydrogen) atoms. The summed E-state index contributed by atoms with van der Waals surface area (Å²) in [5.41, 5.74) is 5.87. The Bertz CT molecular complexity index is 449. The van der Waals surface area contributed by atoms with Crippen LogP contribution in [0, 0.1) is 5.82 Å². The Morgan fingerprint density at radius 3 is 2.33 bits per heavy atom. The zero-order valence-corrected chi connectivity index (χ0v) is 11.2. The maximum atomic E-state index is 13.1. The largest absolute Gasteiger partial charge is 0.514 e. The van der Waals surface area contributed by atoms with Gasteiger partial charge in [0.15, 0.2) is 0 Å². The van der Waals surface area contributed by atoms with E-state index in [0.29, 0.717) is 11.2 Å². The van der Waals surface area contributed by atoms with E-state index >= 15 is 0 Å². The summed E-state index contributed by atoms with van der Waals surface area (Å²) >= 11 is 0. The molecule has 0 bridgehead atoms. The third-order valence-corrected chi connectivity index (χ3v) is 3.66. The van der Waals surface area contributed by atoms with Gasteiger partial charge in [-0.05, 0) is 39.3 Å². The number of halogens is 1. The fraction of sp³-hybridized carbons (Fsp3) is 0.583. The average Bonchev–Trinajstić information content (AvgIpc) is 2.47. The number of pyridine rings is 1. The summed E-state index contributed by atoms with van der Waals surface area (Å²) in [4.78, 5) is 4.06. The normalized spacial score (nSPS) is 21.3. The van der Waals surface area contributed by atoms with E-state index in [1.807, 2.05) is 27.7 Å². The van der Waals surface area contributed by atoms with E-state index < -0.39 is 24.1 Å². The van der Waals surface area contributed by atoms with E-state index in [1.165, 1.54) is 6.07 Å². The van der Waals surface area contributed by atoms with Gasteiger partial charge in [-0.25, -0.2) is 4.39 Å². The van der Waals surface area contributed by atoms with Gasteiger partial charge in [0.2, 0.25) is 0 Å². The van der Waals surface area contributed by atoms with Crippen LogP contribution in [0.25, 0.3) is 0 Å². The summed E-state index contributed by atoms with van der Waals surface area (Å²) in [5, 5.41) is 0. The Morgan fingerprint density at radius 1 is 1.28 bits per heavy atom. The predicted molar refractivity (Wildman–Crippen MR) is 67.8 cm³/mol. The molecule has 1 aromatic rings. The topological polar surface area (TPSA) is 57.4 Å². The van der Waals surface area contributed by atoms with E-state index in [2.05, 4.69) is 4.98 Å². The van der Waals surface area contributed by atoms with Crippen molar-refractivity contribution >= 4 is 12.7 Å². The van der Waals surface area contributed by atoms with Gasteiger partial charge in [-0.15, -0.1) is 0 Å². The average molecular weight is 252 g/mol. The minimum Gasteiger partial charge on any atom is -0.398 e. The first-order chi connectivity index (χ1) is 8.27. The number of hydrogen-bond donors (Lipinski definition) is 1. The van der Waals surface area contributed by atoms with E-state index in [9.17, 15) is 4.39 Å². The molecule has 6 heteroatoms. The quantitative estimate of drug-likeness (QED) is 0.797. The Kier molecular flexibility index (Phi) is 3.21. The second-order valence-corrected chi connectivity index (χ2v) is 5.49. The predicted octanol–water partition coefficient (Wildman–Crippen LogP) is 0.979. The zero-order chi connectivity index (χ0) is 13.6. The SMILES string of the molecule is CC1(C)OB(c2ncc(F)cc2CN)OC1(C)C. The number of aromatic nitrogens is 1. The van der Waals surface area contributed by atoms with Crippen molar-refractivity contribution in [3.63, 3.8) is 0 Å². The monoisotopic (exact) mass is 252 g/mol. The molecule has 0 unspecified atom stereocenters. The summed E-state index contributed by atoms with van der Waals surface area (Å²) < 4.78 is 24.9. The van der Waals surface area contributed by atoms with Crippen molar-refractivity contribution in [2.45, 2.75) is 45.4 Å². The Labute approximate surface area is 107 Å². The summed E-state index contributed by atoms with van der Waals surface area (Å²) in [6.07, 6.45) is 1.15. The van der Waals surface area contributed by atoms with Gasteiger partial charge >= 0.3 is 7.12 Å². The van der Waals surface area contributed by atoms with Gasteiger partial charge in [0.1, 0.15) is 5.82 Å². The van der Waals surface area contributed by atoms with Crippen LogP contribution in [0.4, 0.5) is 4.39 Å². The lowest BCUT2D eigenvalue weighted by Gasteiger charge is -2.32. The standard InChI is InChI=1S/C12H18BFN2O2/c1-11(2)12(3,4)18-13(17-11)10-8(6-15)5-9(14)7-16-10/h5,7H,6,15H2,1-4H3. The molecule has 1 aliphatic rings. The molecule has 98 valence electrons. The van der Waals surface area contributed by atoms with Gasteiger partial charge in [-0.3, -0.25) is 4.98 Å². The Balaban J connectivity index is 2.35. The molecule has 0 spiro atoms. The molecule has 1 saturated heterocycles. The van der Waals surface area contributed by atoms with Crippen molar-refractivity contribution in [3.8, 4) is 0 Å². The third-order valence-electron chi connectivity index (χ3n) is 3.66. The van der Waals surface area contributed by atoms with Crippen molar-refractivity contribution in [1.82, 2.24) is 4.98 Å². The number of nitrogens with two attached hydrogens (primary N) is 1. The van der Waals surface area contributed by atoms with Crippen LogP contribution in [-0.2, 0) is 15.9 Å². The highest BCUT2D eigenvalue weighted by Gasteiger charge is 2.52. The molecule has 0 saturated carbocycles. The fourth-order valence-electron chi connectivity index (χ4n) is 1.82. The highest BCUT2D eigenvalue weighted by Crippen LogP contribution is 2.36. The molecule has 4 nitrogen and oxygen atoms in total. The van der Waals surface area contributed by atoms with Crippen LogP contribution >= 0.6 is 0 Å². The van der Waals surface area contributed by atoms with Crippen molar-refractivity contribution in [2.24, 2.45) is 5.73 Å². The molecular weight excluding hydrogens is 234 g/mol. The second-order valence-electron chi connectivity index (χ2n) is 5.49. The fourth-order valence-corrected chi connectivity index (χ4v) is 1.82. The molecule has 1 aromatic heterocycles. The molecule has 1 fully saturated rings. The van der Waals surface area contributed by atoms with Crippen molar-refractivity contribution < 1.29 is 13.7 Å². The molecule has 1 aliphatic heterocycles. The van der Waals surface area contributed by atoms with E-state index in [0.717, 1.165) is 6.20 Å². The first kappa shape index (κ1) is 13.5. The molecule has 0 aliphatic carbocycles. The molecule has 2 rings (SSSR count). The highest BCUT2D eigenvalue weighted by molar-refractivity contribution is 6.61. The smallest absolute Gasteiger partial charge is 0.398 e. The van der Waals surface area contributed by atoms with Crippen molar-refractivity contribution in [2.75, 3.05) is 0 Å². The molecular formula is C12H18BFN2O2. The van der Waals surface area contributed by atoms with Crippen molar-refractivity contribution in [1.29, 1.82) is 0 Å². The van der Waals surface area contributed by atoms with Gasteiger partial charge in [-0.1, -0.05) is 0 Å². The molecule has 2 N–H and O–H groups in total. The van der Waals surface area contributed by atoms with E-state index in [1.54, 1.807) is 0 Å². The van der Waals surface area contributed by atoms with Gasteiger partial charge < -0.3 is 15.0 Å². The van der Waals surface area contributed by atoms with Crippen LogP contribution < -0.4 is 11.3 Å². The van der Waals surface area contributed by atoms with Gasteiger partial charge in [0, 0.05) is 6.54 Å². The molecule has 0 aromatic carbocycles. The van der Waals surface area contributed by atoms with Crippen LogP contribution in [0.2, 0.25) is 0 Å². The molecule has 0 atom stereocenters. The Hall–Kier alpha value is -0.975. The zero-order valence-electron chi connectivity index (χ0n) is 11.2.